The first kappa shape index (κ1) is 24.7. The van der Waals surface area contributed by atoms with Crippen molar-refractivity contribution in [3.63, 3.8) is 0 Å². The molecule has 1 aliphatic rings. The molecule has 0 saturated carbocycles. The first-order chi connectivity index (χ1) is 17.9. The molecule has 4 aromatic rings. The molecule has 5 rings (SSSR count). The number of hydrogen-bond donors (Lipinski definition) is 1. The molecule has 0 atom stereocenters. The first-order valence-corrected chi connectivity index (χ1v) is 13.0. The van der Waals surface area contributed by atoms with Gasteiger partial charge in [-0.15, -0.1) is 10.2 Å². The lowest BCUT2D eigenvalue weighted by molar-refractivity contribution is -0.116. The molecule has 0 fully saturated rings. The third kappa shape index (κ3) is 5.13. The van der Waals surface area contributed by atoms with Crippen LogP contribution in [0.15, 0.2) is 71.9 Å². The predicted octanol–water partition coefficient (Wildman–Crippen LogP) is 4.63. The molecule has 37 heavy (non-hydrogen) atoms. The minimum Gasteiger partial charge on any atom is -0.345 e. The molecule has 9 heteroatoms. The van der Waals surface area contributed by atoms with Crippen LogP contribution in [0.1, 0.15) is 32.9 Å². The molecule has 188 valence electrons. The van der Waals surface area contributed by atoms with Gasteiger partial charge in [-0.2, -0.15) is 0 Å². The van der Waals surface area contributed by atoms with Crippen molar-refractivity contribution in [2.24, 2.45) is 0 Å². The lowest BCUT2D eigenvalue weighted by atomic mass is 10.1. The van der Waals surface area contributed by atoms with Crippen LogP contribution >= 0.6 is 11.8 Å². The number of hydrogen-bond acceptors (Lipinski definition) is 5. The summed E-state index contributed by atoms with van der Waals surface area (Å²) in [5.41, 5.74) is 5.38. The van der Waals surface area contributed by atoms with E-state index in [0.29, 0.717) is 17.5 Å². The van der Waals surface area contributed by atoms with Gasteiger partial charge in [-0.3, -0.25) is 14.2 Å². The summed E-state index contributed by atoms with van der Waals surface area (Å²) in [7, 11) is 0. The number of halogens is 1. The van der Waals surface area contributed by atoms with Crippen molar-refractivity contribution in [2.75, 3.05) is 17.2 Å². The summed E-state index contributed by atoms with van der Waals surface area (Å²) in [5, 5.41) is 12.1. The van der Waals surface area contributed by atoms with Crippen LogP contribution in [0.25, 0.3) is 5.69 Å². The van der Waals surface area contributed by atoms with Crippen molar-refractivity contribution < 1.29 is 14.0 Å². The van der Waals surface area contributed by atoms with Gasteiger partial charge >= 0.3 is 0 Å². The molecule has 0 aliphatic carbocycles. The van der Waals surface area contributed by atoms with Gasteiger partial charge in [-0.05, 0) is 67.3 Å². The summed E-state index contributed by atoms with van der Waals surface area (Å²) >= 11 is 1.32. The molecule has 0 bridgehead atoms. The highest BCUT2D eigenvalue weighted by molar-refractivity contribution is 7.99. The van der Waals surface area contributed by atoms with Crippen LogP contribution in [0.4, 0.5) is 10.1 Å². The van der Waals surface area contributed by atoms with Crippen LogP contribution in [0.3, 0.4) is 0 Å². The Balaban J connectivity index is 1.38. The van der Waals surface area contributed by atoms with Crippen molar-refractivity contribution in [2.45, 2.75) is 32.0 Å². The number of fused-ring (bicyclic) bond motifs is 1. The molecule has 0 radical (unpaired) electrons. The van der Waals surface area contributed by atoms with Gasteiger partial charge in [0.2, 0.25) is 5.91 Å². The first-order valence-electron chi connectivity index (χ1n) is 12.0. The zero-order valence-corrected chi connectivity index (χ0v) is 21.4. The maximum atomic E-state index is 13.6. The van der Waals surface area contributed by atoms with Gasteiger partial charge < -0.3 is 10.2 Å². The summed E-state index contributed by atoms with van der Waals surface area (Å²) in [4.78, 5) is 27.6. The number of carbonyl (C=O) groups excluding carboxylic acids is 2. The Morgan fingerprint density at radius 3 is 2.62 bits per heavy atom. The summed E-state index contributed by atoms with van der Waals surface area (Å²) in [5.74, 6) is -0.166. The van der Waals surface area contributed by atoms with E-state index in [2.05, 4.69) is 21.6 Å². The molecule has 7 nitrogen and oxygen atoms in total. The predicted molar refractivity (Wildman–Crippen MR) is 142 cm³/mol. The fourth-order valence-corrected chi connectivity index (χ4v) is 5.26. The highest BCUT2D eigenvalue weighted by Crippen LogP contribution is 2.30. The Labute approximate surface area is 218 Å². The van der Waals surface area contributed by atoms with Gasteiger partial charge in [0, 0.05) is 17.8 Å². The van der Waals surface area contributed by atoms with E-state index < -0.39 is 11.7 Å². The average Bonchev–Trinajstić information content (AvgIpc) is 3.52. The van der Waals surface area contributed by atoms with E-state index in [4.69, 9.17) is 0 Å². The minimum absolute atomic E-state index is 0.00595. The van der Waals surface area contributed by atoms with E-state index in [1.165, 1.54) is 35.5 Å². The Morgan fingerprint density at radius 1 is 1.00 bits per heavy atom. The molecule has 0 spiro atoms. The van der Waals surface area contributed by atoms with Gasteiger partial charge in [0.05, 0.1) is 18.0 Å². The zero-order chi connectivity index (χ0) is 25.9. The zero-order valence-electron chi connectivity index (χ0n) is 20.6. The van der Waals surface area contributed by atoms with Gasteiger partial charge in [0.15, 0.2) is 11.0 Å². The SMILES string of the molecule is Cc1cccc(-n2c(CNC(=O)c3cccc(F)c3)nnc2SCC(=O)N2CCc3ccccc32)c1C. The van der Waals surface area contributed by atoms with E-state index in [1.54, 1.807) is 6.07 Å². The smallest absolute Gasteiger partial charge is 0.251 e. The van der Waals surface area contributed by atoms with Gasteiger partial charge in [-0.1, -0.05) is 48.2 Å². The van der Waals surface area contributed by atoms with Crippen molar-refractivity contribution in [3.05, 3.63) is 101 Å². The van der Waals surface area contributed by atoms with E-state index in [-0.39, 0.29) is 23.8 Å². The monoisotopic (exact) mass is 515 g/mol. The molecule has 1 aromatic heterocycles. The number of nitrogens with one attached hydrogen (secondary N) is 1. The van der Waals surface area contributed by atoms with Gasteiger partial charge in [-0.25, -0.2) is 4.39 Å². The maximum absolute atomic E-state index is 13.6. The maximum Gasteiger partial charge on any atom is 0.251 e. The second-order valence-electron chi connectivity index (χ2n) is 8.86. The number of para-hydroxylation sites is 1. The molecule has 3 aromatic carbocycles. The van der Waals surface area contributed by atoms with Crippen LogP contribution in [0.2, 0.25) is 0 Å². The normalized spacial score (nSPS) is 12.5. The van der Waals surface area contributed by atoms with Crippen LogP contribution in [0, 0.1) is 19.7 Å². The number of rotatable bonds is 7. The number of carbonyl (C=O) groups is 2. The van der Waals surface area contributed by atoms with E-state index in [1.807, 2.05) is 59.7 Å². The molecule has 2 heterocycles. The molecular formula is C28H26FN5O2S. The van der Waals surface area contributed by atoms with Crippen LogP contribution in [0.5, 0.6) is 0 Å². The summed E-state index contributed by atoms with van der Waals surface area (Å²) in [6.45, 7) is 4.79. The molecule has 1 aliphatic heterocycles. The molecule has 2 amide bonds. The lowest BCUT2D eigenvalue weighted by Gasteiger charge is -2.18. The molecule has 0 saturated heterocycles. The number of nitrogens with zero attached hydrogens (tertiary/aromatic N) is 4. The number of benzene rings is 3. The van der Waals surface area contributed by atoms with E-state index >= 15 is 0 Å². The fraction of sp³-hybridized carbons (Fsp3) is 0.214. The Hall–Kier alpha value is -3.98. The molecule has 1 N–H and O–H groups in total. The Kier molecular flexibility index (Phi) is 7.05. The quantitative estimate of drug-likeness (QED) is 0.363. The second kappa shape index (κ2) is 10.6. The standard InChI is InChI=1S/C28H26FN5O2S/c1-18-7-5-12-23(19(18)2)34-25(16-30-27(36)21-9-6-10-22(29)15-21)31-32-28(34)37-17-26(35)33-14-13-20-8-3-4-11-24(20)33/h3-12,15H,13-14,16-17H2,1-2H3,(H,30,36). The van der Waals surface area contributed by atoms with Crippen LogP contribution in [-0.4, -0.2) is 38.9 Å². The van der Waals surface area contributed by atoms with Crippen molar-refractivity contribution in [3.8, 4) is 5.69 Å². The average molecular weight is 516 g/mol. The molecular weight excluding hydrogens is 489 g/mol. The van der Waals surface area contributed by atoms with Crippen molar-refractivity contribution in [1.82, 2.24) is 20.1 Å². The minimum atomic E-state index is -0.477. The number of amides is 2. The summed E-state index contributed by atoms with van der Waals surface area (Å²) in [6.07, 6.45) is 0.848. The van der Waals surface area contributed by atoms with Crippen molar-refractivity contribution in [1.29, 1.82) is 0 Å². The highest BCUT2D eigenvalue weighted by Gasteiger charge is 2.25. The Bertz CT molecular complexity index is 1490. The van der Waals surface area contributed by atoms with E-state index in [0.717, 1.165) is 28.9 Å². The third-order valence-electron chi connectivity index (χ3n) is 6.52. The number of thioether (sulfide) groups is 1. The highest BCUT2D eigenvalue weighted by atomic mass is 32.2. The summed E-state index contributed by atoms with van der Waals surface area (Å²) < 4.78 is 15.4. The second-order valence-corrected chi connectivity index (χ2v) is 9.80. The number of anilines is 1. The van der Waals surface area contributed by atoms with E-state index in [9.17, 15) is 14.0 Å². The third-order valence-corrected chi connectivity index (χ3v) is 7.44. The number of aryl methyl sites for hydroxylation is 1. The topological polar surface area (TPSA) is 80.1 Å². The lowest BCUT2D eigenvalue weighted by Crippen LogP contribution is -2.30. The van der Waals surface area contributed by atoms with Gasteiger partial charge in [0.25, 0.3) is 5.91 Å². The van der Waals surface area contributed by atoms with Gasteiger partial charge in [0.1, 0.15) is 5.82 Å². The summed E-state index contributed by atoms with van der Waals surface area (Å²) in [6, 6.07) is 19.4. The fourth-order valence-electron chi connectivity index (χ4n) is 4.42. The van der Waals surface area contributed by atoms with Crippen molar-refractivity contribution >= 4 is 29.3 Å². The number of aromatic nitrogens is 3. The van der Waals surface area contributed by atoms with Crippen LogP contribution < -0.4 is 10.2 Å². The molecule has 0 unspecified atom stereocenters. The Morgan fingerprint density at radius 2 is 1.78 bits per heavy atom. The van der Waals surface area contributed by atoms with Crippen LogP contribution in [-0.2, 0) is 17.8 Å². The largest absolute Gasteiger partial charge is 0.345 e.